The lowest BCUT2D eigenvalue weighted by Crippen LogP contribution is -2.41. The number of aryl methyl sites for hydroxylation is 1. The van der Waals surface area contributed by atoms with Crippen molar-refractivity contribution < 1.29 is 14.1 Å². The van der Waals surface area contributed by atoms with E-state index in [1.165, 1.54) is 5.56 Å². The summed E-state index contributed by atoms with van der Waals surface area (Å²) in [5.41, 5.74) is 1.42. The van der Waals surface area contributed by atoms with Gasteiger partial charge in [-0.25, -0.2) is 0 Å². The molecule has 0 saturated carbocycles. The second kappa shape index (κ2) is 5.34. The second-order valence-electron chi connectivity index (χ2n) is 6.48. The van der Waals surface area contributed by atoms with E-state index in [0.29, 0.717) is 0 Å². The molecule has 0 aliphatic carbocycles. The summed E-state index contributed by atoms with van der Waals surface area (Å²) < 4.78 is 11.9. The molecule has 1 aliphatic rings. The fourth-order valence-electron chi connectivity index (χ4n) is 2.27. The quantitative estimate of drug-likeness (QED) is 0.622. The van der Waals surface area contributed by atoms with Crippen LogP contribution in [-0.2, 0) is 15.7 Å². The molecule has 3 nitrogen and oxygen atoms in total. The molecule has 0 amide bonds. The van der Waals surface area contributed by atoms with Crippen LogP contribution in [0, 0.1) is 0 Å². The Morgan fingerprint density at radius 1 is 1.05 bits per heavy atom. The highest BCUT2D eigenvalue weighted by Gasteiger charge is 2.50. The van der Waals surface area contributed by atoms with Crippen molar-refractivity contribution in [2.75, 3.05) is 0 Å². The van der Waals surface area contributed by atoms with Gasteiger partial charge in [-0.05, 0) is 52.9 Å². The molecule has 0 aromatic heterocycles. The van der Waals surface area contributed by atoms with Crippen LogP contribution in [0.4, 0.5) is 0 Å². The first kappa shape index (κ1) is 15.3. The van der Waals surface area contributed by atoms with Crippen LogP contribution in [0.2, 0.25) is 6.32 Å². The van der Waals surface area contributed by atoms with Crippen molar-refractivity contribution in [2.45, 2.75) is 58.6 Å². The van der Waals surface area contributed by atoms with Gasteiger partial charge in [-0.2, -0.15) is 0 Å². The Labute approximate surface area is 121 Å². The van der Waals surface area contributed by atoms with Crippen LogP contribution in [-0.4, -0.2) is 24.1 Å². The van der Waals surface area contributed by atoms with Gasteiger partial charge in [0.05, 0.1) is 11.2 Å². The average Bonchev–Trinajstić information content (AvgIpc) is 2.56. The SMILES string of the molecule is CC(=O)c1ccc(CCB2OC(C)(C)C(C)(C)O2)cc1. The predicted molar refractivity (Wildman–Crippen MR) is 81.0 cm³/mol. The minimum absolute atomic E-state index is 0.0995. The van der Waals surface area contributed by atoms with Crippen molar-refractivity contribution in [3.63, 3.8) is 0 Å². The number of carbonyl (C=O) groups excluding carboxylic acids is 1. The van der Waals surface area contributed by atoms with Crippen LogP contribution in [0.15, 0.2) is 24.3 Å². The van der Waals surface area contributed by atoms with E-state index in [2.05, 4.69) is 27.7 Å². The number of benzene rings is 1. The molecule has 1 aromatic rings. The van der Waals surface area contributed by atoms with E-state index in [0.717, 1.165) is 18.3 Å². The molecule has 1 aromatic carbocycles. The normalized spacial score (nSPS) is 20.1. The van der Waals surface area contributed by atoms with Crippen molar-refractivity contribution in [3.8, 4) is 0 Å². The van der Waals surface area contributed by atoms with Gasteiger partial charge in [0, 0.05) is 5.56 Å². The van der Waals surface area contributed by atoms with E-state index >= 15 is 0 Å². The summed E-state index contributed by atoms with van der Waals surface area (Å²) in [4.78, 5) is 11.2. The monoisotopic (exact) mass is 274 g/mol. The Hall–Kier alpha value is -1.13. The standard InChI is InChI=1S/C16H23BO3/c1-12(18)14-8-6-13(7-9-14)10-11-17-19-15(2,3)16(4,5)20-17/h6-9H,10-11H2,1-5H3. The zero-order chi connectivity index (χ0) is 15.0. The van der Waals surface area contributed by atoms with Gasteiger partial charge in [0.1, 0.15) is 0 Å². The fraction of sp³-hybridized carbons (Fsp3) is 0.562. The Balaban J connectivity index is 1.92. The molecule has 1 saturated heterocycles. The fourth-order valence-corrected chi connectivity index (χ4v) is 2.27. The van der Waals surface area contributed by atoms with Crippen molar-refractivity contribution in [1.82, 2.24) is 0 Å². The molecule has 1 heterocycles. The summed E-state index contributed by atoms with van der Waals surface area (Å²) in [6, 6.07) is 7.76. The van der Waals surface area contributed by atoms with E-state index < -0.39 is 0 Å². The minimum atomic E-state index is -0.268. The second-order valence-corrected chi connectivity index (χ2v) is 6.48. The summed E-state index contributed by atoms with van der Waals surface area (Å²) in [6.45, 7) is 9.84. The lowest BCUT2D eigenvalue weighted by atomic mass is 9.81. The van der Waals surface area contributed by atoms with Crippen LogP contribution >= 0.6 is 0 Å². The van der Waals surface area contributed by atoms with Crippen LogP contribution in [0.25, 0.3) is 0 Å². The summed E-state index contributed by atoms with van der Waals surface area (Å²) in [5.74, 6) is 0.0995. The van der Waals surface area contributed by atoms with Gasteiger partial charge in [-0.15, -0.1) is 0 Å². The molecule has 2 rings (SSSR count). The van der Waals surface area contributed by atoms with Gasteiger partial charge in [-0.1, -0.05) is 24.3 Å². The van der Waals surface area contributed by atoms with Crippen molar-refractivity contribution in [1.29, 1.82) is 0 Å². The Morgan fingerprint density at radius 3 is 2.00 bits per heavy atom. The first-order valence-electron chi connectivity index (χ1n) is 7.17. The number of rotatable bonds is 4. The highest BCUT2D eigenvalue weighted by molar-refractivity contribution is 6.45. The summed E-state index contributed by atoms with van der Waals surface area (Å²) >= 11 is 0. The van der Waals surface area contributed by atoms with E-state index in [1.54, 1.807) is 6.92 Å². The molecule has 20 heavy (non-hydrogen) atoms. The molecular formula is C16H23BO3. The number of carbonyl (C=O) groups is 1. The minimum Gasteiger partial charge on any atom is -0.403 e. The molecule has 0 N–H and O–H groups in total. The smallest absolute Gasteiger partial charge is 0.403 e. The van der Waals surface area contributed by atoms with E-state index in [9.17, 15) is 4.79 Å². The van der Waals surface area contributed by atoms with Crippen LogP contribution < -0.4 is 0 Å². The Bertz CT molecular complexity index is 475. The van der Waals surface area contributed by atoms with Crippen LogP contribution in [0.3, 0.4) is 0 Å². The first-order chi connectivity index (χ1) is 9.21. The number of hydrogen-bond donors (Lipinski definition) is 0. The molecule has 1 fully saturated rings. The summed E-state index contributed by atoms with van der Waals surface area (Å²) in [6.07, 6.45) is 1.71. The van der Waals surface area contributed by atoms with Crippen LogP contribution in [0.1, 0.15) is 50.5 Å². The van der Waals surface area contributed by atoms with Gasteiger partial charge < -0.3 is 9.31 Å². The maximum Gasteiger partial charge on any atom is 0.458 e. The van der Waals surface area contributed by atoms with E-state index in [-0.39, 0.29) is 24.1 Å². The molecule has 1 aliphatic heterocycles. The maximum absolute atomic E-state index is 11.2. The topological polar surface area (TPSA) is 35.5 Å². The average molecular weight is 274 g/mol. The molecule has 0 bridgehead atoms. The molecule has 0 atom stereocenters. The molecule has 4 heteroatoms. The largest absolute Gasteiger partial charge is 0.458 e. The summed E-state index contributed by atoms with van der Waals surface area (Å²) in [7, 11) is -0.160. The Morgan fingerprint density at radius 2 is 1.55 bits per heavy atom. The molecule has 0 spiro atoms. The molecular weight excluding hydrogens is 251 g/mol. The van der Waals surface area contributed by atoms with E-state index in [1.807, 2.05) is 24.3 Å². The van der Waals surface area contributed by atoms with Gasteiger partial charge in [-0.3, -0.25) is 4.79 Å². The highest BCUT2D eigenvalue weighted by Crippen LogP contribution is 2.37. The lowest BCUT2D eigenvalue weighted by Gasteiger charge is -2.32. The molecule has 108 valence electrons. The number of ketones is 1. The molecule has 0 radical (unpaired) electrons. The lowest BCUT2D eigenvalue weighted by molar-refractivity contribution is 0.00578. The third-order valence-electron chi connectivity index (χ3n) is 4.33. The van der Waals surface area contributed by atoms with Crippen LogP contribution in [0.5, 0.6) is 0 Å². The predicted octanol–water partition coefficient (Wildman–Crippen LogP) is 3.52. The van der Waals surface area contributed by atoms with Crippen molar-refractivity contribution in [3.05, 3.63) is 35.4 Å². The van der Waals surface area contributed by atoms with E-state index in [4.69, 9.17) is 9.31 Å². The third kappa shape index (κ3) is 3.13. The Kier molecular flexibility index (Phi) is 4.08. The zero-order valence-corrected chi connectivity index (χ0v) is 13.0. The molecule has 0 unspecified atom stereocenters. The van der Waals surface area contributed by atoms with Gasteiger partial charge in [0.25, 0.3) is 0 Å². The maximum atomic E-state index is 11.2. The number of Topliss-reactive ketones (excluding diaryl/α,β-unsaturated/α-hetero) is 1. The van der Waals surface area contributed by atoms with Gasteiger partial charge >= 0.3 is 7.12 Å². The highest BCUT2D eigenvalue weighted by atomic mass is 16.7. The third-order valence-corrected chi connectivity index (χ3v) is 4.33. The van der Waals surface area contributed by atoms with Gasteiger partial charge in [0.2, 0.25) is 0 Å². The van der Waals surface area contributed by atoms with Crippen molar-refractivity contribution >= 4 is 12.9 Å². The van der Waals surface area contributed by atoms with Crippen molar-refractivity contribution in [2.24, 2.45) is 0 Å². The van der Waals surface area contributed by atoms with Gasteiger partial charge in [0.15, 0.2) is 5.78 Å². The zero-order valence-electron chi connectivity index (χ0n) is 13.0. The first-order valence-corrected chi connectivity index (χ1v) is 7.17. The number of hydrogen-bond acceptors (Lipinski definition) is 3. The summed E-state index contributed by atoms with van der Waals surface area (Å²) in [5, 5.41) is 0.